The van der Waals surface area contributed by atoms with Crippen LogP contribution in [0.4, 0.5) is 4.79 Å². The van der Waals surface area contributed by atoms with E-state index in [9.17, 15) is 4.79 Å². The summed E-state index contributed by atoms with van der Waals surface area (Å²) in [5, 5.41) is 2.91. The van der Waals surface area contributed by atoms with Gasteiger partial charge in [0.1, 0.15) is 0 Å². The minimum atomic E-state index is 0.134. The molecule has 2 aliphatic rings. The number of rotatable bonds is 0. The van der Waals surface area contributed by atoms with E-state index in [0.29, 0.717) is 12.1 Å². The molecule has 0 saturated carbocycles. The van der Waals surface area contributed by atoms with Crippen LogP contribution in [0.3, 0.4) is 0 Å². The average Bonchev–Trinajstić information content (AvgIpc) is 2.39. The van der Waals surface area contributed by atoms with Crippen LogP contribution in [0.1, 0.15) is 19.8 Å². The number of fused-ring (bicyclic) bond motifs is 1. The van der Waals surface area contributed by atoms with Crippen molar-refractivity contribution < 1.29 is 4.79 Å². The van der Waals surface area contributed by atoms with Gasteiger partial charge in [-0.15, -0.1) is 0 Å². The number of nitrogens with one attached hydrogen (secondary N) is 1. The quantitative estimate of drug-likeness (QED) is 0.524. The molecule has 2 heterocycles. The first-order valence-corrected chi connectivity index (χ1v) is 3.86. The van der Waals surface area contributed by atoms with Crippen LogP contribution < -0.4 is 5.32 Å². The van der Waals surface area contributed by atoms with E-state index in [1.165, 1.54) is 12.8 Å². The van der Waals surface area contributed by atoms with E-state index in [4.69, 9.17) is 0 Å². The summed E-state index contributed by atoms with van der Waals surface area (Å²) < 4.78 is 0. The smallest absolute Gasteiger partial charge is 0.317 e. The van der Waals surface area contributed by atoms with Crippen molar-refractivity contribution in [3.63, 3.8) is 0 Å². The Morgan fingerprint density at radius 2 is 2.50 bits per heavy atom. The number of hydrogen-bond donors (Lipinski definition) is 1. The van der Waals surface area contributed by atoms with Crippen LogP contribution in [0.25, 0.3) is 0 Å². The van der Waals surface area contributed by atoms with Gasteiger partial charge in [0.05, 0.1) is 6.04 Å². The van der Waals surface area contributed by atoms with Crippen molar-refractivity contribution in [3.05, 3.63) is 0 Å². The molecule has 2 fully saturated rings. The maximum atomic E-state index is 11.1. The molecule has 0 aromatic heterocycles. The molecule has 56 valence electrons. The minimum absolute atomic E-state index is 0.134. The lowest BCUT2D eigenvalue weighted by Crippen LogP contribution is -2.29. The summed E-state index contributed by atoms with van der Waals surface area (Å²) in [7, 11) is 0. The Hall–Kier alpha value is -0.730. The van der Waals surface area contributed by atoms with Gasteiger partial charge in [-0.05, 0) is 19.8 Å². The summed E-state index contributed by atoms with van der Waals surface area (Å²) >= 11 is 0. The molecule has 0 bridgehead atoms. The normalized spacial score (nSPS) is 38.1. The predicted octanol–water partition coefficient (Wildman–Crippen LogP) is 0.562. The first kappa shape index (κ1) is 6.01. The molecule has 0 radical (unpaired) electrons. The molecule has 2 aliphatic heterocycles. The third kappa shape index (κ3) is 0.632. The van der Waals surface area contributed by atoms with Gasteiger partial charge in [0.15, 0.2) is 0 Å². The second kappa shape index (κ2) is 1.87. The highest BCUT2D eigenvalue weighted by Crippen LogP contribution is 2.24. The summed E-state index contributed by atoms with van der Waals surface area (Å²) in [6, 6.07) is 0.998. The Kier molecular flexibility index (Phi) is 1.13. The maximum absolute atomic E-state index is 11.1. The van der Waals surface area contributed by atoms with Crippen molar-refractivity contribution in [3.8, 4) is 0 Å². The number of carbonyl (C=O) groups excluding carboxylic acids is 1. The lowest BCUT2D eigenvalue weighted by atomic mass is 10.1. The SMILES string of the molecule is C[C@@H]1NC(=O)N2CCC[C@@H]12. The molecule has 0 aliphatic carbocycles. The Labute approximate surface area is 60.4 Å². The van der Waals surface area contributed by atoms with Gasteiger partial charge in [-0.1, -0.05) is 0 Å². The summed E-state index contributed by atoms with van der Waals surface area (Å²) in [6.45, 7) is 3.04. The molecule has 0 aromatic carbocycles. The molecule has 2 rings (SSSR count). The predicted molar refractivity (Wildman–Crippen MR) is 37.7 cm³/mol. The van der Waals surface area contributed by atoms with E-state index in [2.05, 4.69) is 12.2 Å². The fourth-order valence-corrected chi connectivity index (χ4v) is 1.94. The van der Waals surface area contributed by atoms with Crippen molar-refractivity contribution in [1.29, 1.82) is 0 Å². The molecule has 2 saturated heterocycles. The standard InChI is InChI=1S/C7H12N2O/c1-5-6-3-2-4-9(6)7(10)8-5/h5-6H,2-4H2,1H3,(H,8,10)/t5-,6-/m0/s1. The first-order chi connectivity index (χ1) is 4.79. The second-order valence-corrected chi connectivity index (χ2v) is 3.14. The molecular formula is C7H12N2O. The van der Waals surface area contributed by atoms with Crippen LogP contribution in [-0.2, 0) is 0 Å². The highest BCUT2D eigenvalue weighted by Gasteiger charge is 2.39. The average molecular weight is 140 g/mol. The van der Waals surface area contributed by atoms with Crippen molar-refractivity contribution >= 4 is 6.03 Å². The third-order valence-corrected chi connectivity index (χ3v) is 2.49. The van der Waals surface area contributed by atoms with Crippen LogP contribution in [0.2, 0.25) is 0 Å². The van der Waals surface area contributed by atoms with E-state index in [1.807, 2.05) is 4.90 Å². The zero-order valence-corrected chi connectivity index (χ0v) is 6.13. The number of carbonyl (C=O) groups is 1. The van der Waals surface area contributed by atoms with Crippen LogP contribution in [-0.4, -0.2) is 29.6 Å². The van der Waals surface area contributed by atoms with Gasteiger partial charge in [0.2, 0.25) is 0 Å². The minimum Gasteiger partial charge on any atom is -0.333 e. The van der Waals surface area contributed by atoms with Crippen LogP contribution in [0.5, 0.6) is 0 Å². The summed E-state index contributed by atoms with van der Waals surface area (Å²) in [5.41, 5.74) is 0. The highest BCUT2D eigenvalue weighted by atomic mass is 16.2. The van der Waals surface area contributed by atoms with E-state index in [0.717, 1.165) is 6.54 Å². The molecular weight excluding hydrogens is 128 g/mol. The van der Waals surface area contributed by atoms with Crippen molar-refractivity contribution in [1.82, 2.24) is 10.2 Å². The largest absolute Gasteiger partial charge is 0.333 e. The van der Waals surface area contributed by atoms with E-state index in [1.54, 1.807) is 0 Å². The molecule has 0 spiro atoms. The number of nitrogens with zero attached hydrogens (tertiary/aromatic N) is 1. The van der Waals surface area contributed by atoms with Crippen LogP contribution >= 0.6 is 0 Å². The number of urea groups is 1. The molecule has 0 unspecified atom stereocenters. The zero-order chi connectivity index (χ0) is 7.14. The highest BCUT2D eigenvalue weighted by molar-refractivity contribution is 5.77. The molecule has 2 atom stereocenters. The molecule has 10 heavy (non-hydrogen) atoms. The van der Waals surface area contributed by atoms with E-state index >= 15 is 0 Å². The number of hydrogen-bond acceptors (Lipinski definition) is 1. The Balaban J connectivity index is 2.19. The Bertz CT molecular complexity index is 169. The van der Waals surface area contributed by atoms with Crippen LogP contribution in [0, 0.1) is 0 Å². The summed E-state index contributed by atoms with van der Waals surface area (Å²) in [4.78, 5) is 13.0. The fourth-order valence-electron chi connectivity index (χ4n) is 1.94. The number of amides is 2. The molecule has 1 N–H and O–H groups in total. The molecule has 2 amide bonds. The van der Waals surface area contributed by atoms with Crippen molar-refractivity contribution in [2.24, 2.45) is 0 Å². The van der Waals surface area contributed by atoms with Gasteiger partial charge in [0, 0.05) is 12.6 Å². The van der Waals surface area contributed by atoms with E-state index in [-0.39, 0.29) is 6.03 Å². The maximum Gasteiger partial charge on any atom is 0.317 e. The summed E-state index contributed by atoms with van der Waals surface area (Å²) in [5.74, 6) is 0. The monoisotopic (exact) mass is 140 g/mol. The molecule has 3 heteroatoms. The van der Waals surface area contributed by atoms with Gasteiger partial charge in [-0.2, -0.15) is 0 Å². The van der Waals surface area contributed by atoms with E-state index < -0.39 is 0 Å². The van der Waals surface area contributed by atoms with Crippen LogP contribution in [0.15, 0.2) is 0 Å². The topological polar surface area (TPSA) is 32.3 Å². The van der Waals surface area contributed by atoms with Gasteiger partial charge < -0.3 is 10.2 Å². The van der Waals surface area contributed by atoms with Crippen molar-refractivity contribution in [2.45, 2.75) is 31.8 Å². The van der Waals surface area contributed by atoms with Crippen molar-refractivity contribution in [2.75, 3.05) is 6.54 Å². The first-order valence-electron chi connectivity index (χ1n) is 3.86. The van der Waals surface area contributed by atoms with Gasteiger partial charge in [0.25, 0.3) is 0 Å². The lowest BCUT2D eigenvalue weighted by molar-refractivity contribution is 0.216. The third-order valence-electron chi connectivity index (χ3n) is 2.49. The Morgan fingerprint density at radius 3 is 3.20 bits per heavy atom. The second-order valence-electron chi connectivity index (χ2n) is 3.14. The summed E-state index contributed by atoms with van der Waals surface area (Å²) in [6.07, 6.45) is 2.36. The lowest BCUT2D eigenvalue weighted by Gasteiger charge is -2.13. The Morgan fingerprint density at radius 1 is 1.70 bits per heavy atom. The molecule has 3 nitrogen and oxygen atoms in total. The van der Waals surface area contributed by atoms with Gasteiger partial charge >= 0.3 is 6.03 Å². The van der Waals surface area contributed by atoms with Gasteiger partial charge in [-0.25, -0.2) is 4.79 Å². The molecule has 0 aromatic rings. The fraction of sp³-hybridized carbons (Fsp3) is 0.857. The van der Waals surface area contributed by atoms with Gasteiger partial charge in [-0.3, -0.25) is 0 Å². The zero-order valence-electron chi connectivity index (χ0n) is 6.13.